The lowest BCUT2D eigenvalue weighted by Gasteiger charge is -2.28. The van der Waals surface area contributed by atoms with Gasteiger partial charge in [-0.3, -0.25) is 14.4 Å². The lowest BCUT2D eigenvalue weighted by molar-refractivity contribution is -0.153. The van der Waals surface area contributed by atoms with Crippen LogP contribution >= 0.6 is 11.8 Å². The molecule has 7 nitrogen and oxygen atoms in total. The molecule has 1 aromatic carbocycles. The molecule has 2 fully saturated rings. The smallest absolute Gasteiger partial charge is 0.326 e. The van der Waals surface area contributed by atoms with Gasteiger partial charge in [0.2, 0.25) is 0 Å². The number of carbonyl (C=O) groups is 3. The minimum atomic E-state index is -0.926. The number of nitrogens with one attached hydrogen (secondary N) is 1. The van der Waals surface area contributed by atoms with E-state index in [1.54, 1.807) is 0 Å². The van der Waals surface area contributed by atoms with Gasteiger partial charge in [-0.2, -0.15) is 0 Å². The molecular formula is C19H25N3O4S. The van der Waals surface area contributed by atoms with E-state index in [-0.39, 0.29) is 11.8 Å². The van der Waals surface area contributed by atoms with Gasteiger partial charge in [-0.1, -0.05) is 11.8 Å². The van der Waals surface area contributed by atoms with E-state index < -0.39 is 18.0 Å². The van der Waals surface area contributed by atoms with Gasteiger partial charge in [0.05, 0.1) is 0 Å². The minimum Gasteiger partial charge on any atom is -0.451 e. The first-order chi connectivity index (χ1) is 13.0. The summed E-state index contributed by atoms with van der Waals surface area (Å²) >= 11 is 1.18. The van der Waals surface area contributed by atoms with Crippen LogP contribution in [0.1, 0.15) is 26.2 Å². The van der Waals surface area contributed by atoms with Crippen LogP contribution in [0, 0.1) is 0 Å². The van der Waals surface area contributed by atoms with E-state index in [9.17, 15) is 14.4 Å². The van der Waals surface area contributed by atoms with E-state index in [1.807, 2.05) is 24.3 Å². The van der Waals surface area contributed by atoms with Crippen molar-refractivity contribution in [1.29, 1.82) is 0 Å². The highest BCUT2D eigenvalue weighted by molar-refractivity contribution is 8.13. The molecule has 2 heterocycles. The molecule has 3 rings (SSSR count). The fourth-order valence-electron chi connectivity index (χ4n) is 3.16. The Balaban J connectivity index is 1.47. The molecular weight excluding hydrogens is 366 g/mol. The third-order valence-corrected chi connectivity index (χ3v) is 5.59. The summed E-state index contributed by atoms with van der Waals surface area (Å²) in [5.41, 5.74) is 1.81. The molecule has 0 spiro atoms. The second kappa shape index (κ2) is 9.12. The molecule has 1 N–H and O–H groups in total. The summed E-state index contributed by atoms with van der Waals surface area (Å²) in [6.45, 7) is 4.07. The standard InChI is InChI=1S/C19H25N3O4S/c1-14(26-17(23)13-22-11-12-27-19(22)25)18(24)20-15-5-7-16(8-6-15)21-9-3-2-4-10-21/h5-8,14H,2-4,9-13H2,1H3,(H,20,24)/t14-/m0/s1. The summed E-state index contributed by atoms with van der Waals surface area (Å²) in [6.07, 6.45) is 2.78. The Morgan fingerprint density at radius 2 is 1.85 bits per heavy atom. The summed E-state index contributed by atoms with van der Waals surface area (Å²) in [4.78, 5) is 39.5. The predicted molar refractivity (Wildman–Crippen MR) is 106 cm³/mol. The number of benzene rings is 1. The lowest BCUT2D eigenvalue weighted by atomic mass is 10.1. The van der Waals surface area contributed by atoms with Crippen molar-refractivity contribution in [3.05, 3.63) is 24.3 Å². The predicted octanol–water partition coefficient (Wildman–Crippen LogP) is 2.72. The van der Waals surface area contributed by atoms with E-state index in [0.29, 0.717) is 18.0 Å². The van der Waals surface area contributed by atoms with Gasteiger partial charge in [0.1, 0.15) is 6.54 Å². The average Bonchev–Trinajstić information content (AvgIpc) is 3.07. The number of esters is 1. The van der Waals surface area contributed by atoms with E-state index in [1.165, 1.54) is 42.8 Å². The number of piperidine rings is 1. The Hall–Kier alpha value is -2.22. The van der Waals surface area contributed by atoms with Crippen LogP contribution in [0.15, 0.2) is 24.3 Å². The molecule has 1 atom stereocenters. The SMILES string of the molecule is C[C@H](OC(=O)CN1CCSC1=O)C(=O)Nc1ccc(N2CCCCC2)cc1. The number of hydrogen-bond acceptors (Lipinski definition) is 6. The van der Waals surface area contributed by atoms with Crippen molar-refractivity contribution in [2.45, 2.75) is 32.3 Å². The Labute approximate surface area is 163 Å². The van der Waals surface area contributed by atoms with Gasteiger partial charge >= 0.3 is 5.97 Å². The van der Waals surface area contributed by atoms with Crippen molar-refractivity contribution < 1.29 is 19.1 Å². The first-order valence-electron chi connectivity index (χ1n) is 9.30. The van der Waals surface area contributed by atoms with Crippen molar-refractivity contribution in [3.8, 4) is 0 Å². The van der Waals surface area contributed by atoms with Crippen LogP contribution in [0.3, 0.4) is 0 Å². The monoisotopic (exact) mass is 391 g/mol. The number of thioether (sulfide) groups is 1. The average molecular weight is 391 g/mol. The molecule has 2 aliphatic rings. The van der Waals surface area contributed by atoms with Crippen molar-refractivity contribution in [2.24, 2.45) is 0 Å². The van der Waals surface area contributed by atoms with E-state index in [4.69, 9.17) is 4.74 Å². The number of rotatable bonds is 6. The highest BCUT2D eigenvalue weighted by Gasteiger charge is 2.26. The molecule has 146 valence electrons. The van der Waals surface area contributed by atoms with Crippen LogP contribution in [0.5, 0.6) is 0 Å². The third-order valence-electron chi connectivity index (χ3n) is 4.70. The molecule has 27 heavy (non-hydrogen) atoms. The number of anilines is 2. The molecule has 0 unspecified atom stereocenters. The van der Waals surface area contributed by atoms with Crippen LogP contribution in [-0.4, -0.2) is 60.1 Å². The second-order valence-electron chi connectivity index (χ2n) is 6.75. The third kappa shape index (κ3) is 5.38. The first kappa shape index (κ1) is 19.5. The van der Waals surface area contributed by atoms with E-state index in [2.05, 4.69) is 10.2 Å². The van der Waals surface area contributed by atoms with Crippen molar-refractivity contribution >= 4 is 40.3 Å². The molecule has 2 amide bonds. The number of ether oxygens (including phenoxy) is 1. The normalized spacial score (nSPS) is 18.3. The Kier molecular flexibility index (Phi) is 6.60. The Morgan fingerprint density at radius 1 is 1.15 bits per heavy atom. The zero-order valence-electron chi connectivity index (χ0n) is 15.5. The van der Waals surface area contributed by atoms with Gasteiger partial charge in [-0.25, -0.2) is 0 Å². The number of hydrogen-bond donors (Lipinski definition) is 1. The minimum absolute atomic E-state index is 0.117. The van der Waals surface area contributed by atoms with E-state index >= 15 is 0 Å². The van der Waals surface area contributed by atoms with Crippen LogP contribution < -0.4 is 10.2 Å². The largest absolute Gasteiger partial charge is 0.451 e. The van der Waals surface area contributed by atoms with Crippen molar-refractivity contribution in [2.75, 3.05) is 42.1 Å². The Morgan fingerprint density at radius 3 is 2.48 bits per heavy atom. The summed E-state index contributed by atoms with van der Waals surface area (Å²) in [7, 11) is 0. The summed E-state index contributed by atoms with van der Waals surface area (Å²) < 4.78 is 5.15. The molecule has 0 aromatic heterocycles. The fraction of sp³-hybridized carbons (Fsp3) is 0.526. The topological polar surface area (TPSA) is 78.9 Å². The maximum atomic E-state index is 12.3. The highest BCUT2D eigenvalue weighted by Crippen LogP contribution is 2.22. The number of amides is 2. The molecule has 0 bridgehead atoms. The zero-order chi connectivity index (χ0) is 19.2. The highest BCUT2D eigenvalue weighted by atomic mass is 32.2. The van der Waals surface area contributed by atoms with E-state index in [0.717, 1.165) is 18.8 Å². The van der Waals surface area contributed by atoms with Crippen molar-refractivity contribution in [1.82, 2.24) is 4.90 Å². The molecule has 0 saturated carbocycles. The fourth-order valence-corrected chi connectivity index (χ4v) is 3.99. The molecule has 1 aromatic rings. The maximum Gasteiger partial charge on any atom is 0.326 e. The van der Waals surface area contributed by atoms with Crippen LogP contribution in [0.4, 0.5) is 16.2 Å². The summed E-state index contributed by atoms with van der Waals surface area (Å²) in [5.74, 6) is -0.291. The maximum absolute atomic E-state index is 12.3. The first-order valence-corrected chi connectivity index (χ1v) is 10.3. The van der Waals surface area contributed by atoms with Gasteiger partial charge in [-0.15, -0.1) is 0 Å². The zero-order valence-corrected chi connectivity index (χ0v) is 16.3. The molecule has 2 aliphatic heterocycles. The quantitative estimate of drug-likeness (QED) is 0.751. The summed E-state index contributed by atoms with van der Waals surface area (Å²) in [5, 5.41) is 2.63. The van der Waals surface area contributed by atoms with Gasteiger partial charge in [0.25, 0.3) is 11.1 Å². The van der Waals surface area contributed by atoms with Crippen LogP contribution in [0.2, 0.25) is 0 Å². The van der Waals surface area contributed by atoms with Gasteiger partial charge in [-0.05, 0) is 50.5 Å². The second-order valence-corrected chi connectivity index (χ2v) is 7.80. The van der Waals surface area contributed by atoms with Gasteiger partial charge in [0.15, 0.2) is 6.10 Å². The lowest BCUT2D eigenvalue weighted by Crippen LogP contribution is -2.36. The van der Waals surface area contributed by atoms with Gasteiger partial charge in [0, 0.05) is 36.8 Å². The molecule has 8 heteroatoms. The molecule has 0 radical (unpaired) electrons. The van der Waals surface area contributed by atoms with Gasteiger partial charge < -0.3 is 19.9 Å². The van der Waals surface area contributed by atoms with Crippen LogP contribution in [-0.2, 0) is 14.3 Å². The molecule has 2 saturated heterocycles. The number of carbonyl (C=O) groups excluding carboxylic acids is 3. The Bertz CT molecular complexity index is 689. The number of nitrogens with zero attached hydrogens (tertiary/aromatic N) is 2. The van der Waals surface area contributed by atoms with Crippen LogP contribution in [0.25, 0.3) is 0 Å². The molecule has 0 aliphatic carbocycles. The van der Waals surface area contributed by atoms with Crippen molar-refractivity contribution in [3.63, 3.8) is 0 Å². The summed E-state index contributed by atoms with van der Waals surface area (Å²) in [6, 6.07) is 7.70.